The van der Waals surface area contributed by atoms with Crippen LogP contribution in [0.1, 0.15) is 37.4 Å². The Bertz CT molecular complexity index is 1850. The first-order valence-electron chi connectivity index (χ1n) is 16.6. The number of benzene rings is 3. The lowest BCUT2D eigenvalue weighted by molar-refractivity contribution is -0.192. The van der Waals surface area contributed by atoms with E-state index in [1.165, 1.54) is 5.69 Å². The number of aryl methyl sites for hydroxylation is 1. The van der Waals surface area contributed by atoms with Gasteiger partial charge in [-0.25, -0.2) is 14.0 Å². The average Bonchev–Trinajstić information content (AvgIpc) is 3.89. The van der Waals surface area contributed by atoms with Crippen molar-refractivity contribution in [2.75, 3.05) is 49.2 Å². The number of nitrogens with zero attached hydrogens (tertiary/aromatic N) is 8. The average molecular weight is 651 g/mol. The Morgan fingerprint density at radius 3 is 2.15 bits per heavy atom. The van der Waals surface area contributed by atoms with E-state index in [2.05, 4.69) is 69.3 Å². The van der Waals surface area contributed by atoms with Crippen molar-refractivity contribution in [1.29, 1.82) is 0 Å². The summed E-state index contributed by atoms with van der Waals surface area (Å²) in [6.45, 7) is 10.8. The fourth-order valence-electron chi connectivity index (χ4n) is 6.43. The fraction of sp³-hybridized carbons (Fsp3) is 0.389. The van der Waals surface area contributed by atoms with Crippen LogP contribution >= 0.6 is 0 Å². The van der Waals surface area contributed by atoms with Crippen LogP contribution in [0.5, 0.6) is 5.75 Å². The summed E-state index contributed by atoms with van der Waals surface area (Å²) in [5, 5.41) is 12.9. The topological polar surface area (TPSA) is 105 Å². The molecule has 4 heterocycles. The van der Waals surface area contributed by atoms with Crippen LogP contribution in [-0.2, 0) is 21.8 Å². The first-order chi connectivity index (χ1) is 23.4. The zero-order chi connectivity index (χ0) is 33.1. The second-order valence-electron chi connectivity index (χ2n) is 12.5. The Morgan fingerprint density at radius 1 is 0.875 bits per heavy atom. The molecule has 0 spiro atoms. The van der Waals surface area contributed by atoms with Gasteiger partial charge in [-0.15, -0.1) is 0 Å². The monoisotopic (exact) mass is 650 g/mol. The zero-order valence-corrected chi connectivity index (χ0v) is 27.7. The molecule has 2 aliphatic heterocycles. The van der Waals surface area contributed by atoms with E-state index < -0.39 is 5.79 Å². The van der Waals surface area contributed by atoms with Crippen molar-refractivity contribution in [3.05, 3.63) is 113 Å². The summed E-state index contributed by atoms with van der Waals surface area (Å²) in [5.74, 6) is -0.194. The van der Waals surface area contributed by atoms with Crippen molar-refractivity contribution in [2.24, 2.45) is 0 Å². The van der Waals surface area contributed by atoms with Gasteiger partial charge < -0.3 is 24.0 Å². The molecule has 2 fully saturated rings. The largest absolute Gasteiger partial charge is 0.491 e. The third-order valence-corrected chi connectivity index (χ3v) is 9.34. The van der Waals surface area contributed by atoms with E-state index in [4.69, 9.17) is 14.2 Å². The van der Waals surface area contributed by atoms with Crippen molar-refractivity contribution in [3.8, 4) is 11.4 Å². The number of anilines is 2. The summed E-state index contributed by atoms with van der Waals surface area (Å²) in [4.78, 5) is 19.2. The molecule has 0 N–H and O–H groups in total. The molecule has 0 bridgehead atoms. The van der Waals surface area contributed by atoms with Crippen LogP contribution in [-0.4, -0.2) is 74.8 Å². The van der Waals surface area contributed by atoms with E-state index in [-0.39, 0.29) is 17.8 Å². The highest BCUT2D eigenvalue weighted by atomic mass is 16.8. The molecule has 0 radical (unpaired) electrons. The van der Waals surface area contributed by atoms with Crippen molar-refractivity contribution in [2.45, 2.75) is 51.7 Å². The van der Waals surface area contributed by atoms with Gasteiger partial charge in [0.15, 0.2) is 0 Å². The minimum absolute atomic E-state index is 0.0716. The van der Waals surface area contributed by atoms with Crippen molar-refractivity contribution in [3.63, 3.8) is 0 Å². The third kappa shape index (κ3) is 6.45. The second-order valence-corrected chi connectivity index (χ2v) is 12.5. The SMILES string of the molecule is CCC(C)n1ncn(-c2ccc(N3CCN(c4ccc(OC[C@H]5COC(Cn6nccn6)(c6ccccc6C)O5)cc4)CC3)cc2)c1=O. The smallest absolute Gasteiger partial charge is 0.350 e. The van der Waals surface area contributed by atoms with Gasteiger partial charge in [0.25, 0.3) is 0 Å². The fourth-order valence-corrected chi connectivity index (χ4v) is 6.43. The number of hydrogen-bond acceptors (Lipinski definition) is 9. The molecular weight excluding hydrogens is 608 g/mol. The molecule has 7 rings (SSSR count). The molecule has 250 valence electrons. The number of rotatable bonds is 11. The number of hydrogen-bond donors (Lipinski definition) is 0. The van der Waals surface area contributed by atoms with E-state index in [1.54, 1.807) is 32.8 Å². The van der Waals surface area contributed by atoms with Gasteiger partial charge in [0.1, 0.15) is 31.3 Å². The molecule has 2 unspecified atom stereocenters. The summed E-state index contributed by atoms with van der Waals surface area (Å²) >= 11 is 0. The molecule has 2 aromatic heterocycles. The van der Waals surface area contributed by atoms with Gasteiger partial charge in [-0.2, -0.15) is 20.1 Å². The van der Waals surface area contributed by atoms with Crippen LogP contribution in [0.15, 0.2) is 96.3 Å². The van der Waals surface area contributed by atoms with Crippen molar-refractivity contribution < 1.29 is 14.2 Å². The molecule has 3 atom stereocenters. The van der Waals surface area contributed by atoms with Crippen LogP contribution in [0.3, 0.4) is 0 Å². The molecule has 2 saturated heterocycles. The molecule has 12 nitrogen and oxygen atoms in total. The van der Waals surface area contributed by atoms with Gasteiger partial charge in [-0.05, 0) is 74.4 Å². The molecule has 0 saturated carbocycles. The van der Waals surface area contributed by atoms with Gasteiger partial charge in [-0.1, -0.05) is 31.2 Å². The Labute approximate surface area is 280 Å². The maximum absolute atomic E-state index is 12.8. The summed E-state index contributed by atoms with van der Waals surface area (Å²) in [6.07, 6.45) is 5.52. The summed E-state index contributed by atoms with van der Waals surface area (Å²) in [7, 11) is 0. The van der Waals surface area contributed by atoms with Crippen molar-refractivity contribution >= 4 is 11.4 Å². The van der Waals surface area contributed by atoms with E-state index in [1.807, 2.05) is 49.4 Å². The second kappa shape index (κ2) is 13.7. The van der Waals surface area contributed by atoms with Crippen molar-refractivity contribution in [1.82, 2.24) is 29.3 Å². The highest BCUT2D eigenvalue weighted by Crippen LogP contribution is 2.37. The van der Waals surface area contributed by atoms with Gasteiger partial charge in [-0.3, -0.25) is 0 Å². The van der Waals surface area contributed by atoms with E-state index in [0.29, 0.717) is 19.8 Å². The normalized spacial score (nSPS) is 20.3. The Balaban J connectivity index is 0.921. The maximum Gasteiger partial charge on any atom is 0.350 e. The van der Waals surface area contributed by atoms with Gasteiger partial charge >= 0.3 is 5.69 Å². The number of ether oxygens (including phenoxy) is 3. The first-order valence-corrected chi connectivity index (χ1v) is 16.6. The predicted octanol–water partition coefficient (Wildman–Crippen LogP) is 4.58. The van der Waals surface area contributed by atoms with E-state index >= 15 is 0 Å². The number of piperazine rings is 1. The van der Waals surface area contributed by atoms with E-state index in [9.17, 15) is 4.79 Å². The van der Waals surface area contributed by atoms with E-state index in [0.717, 1.165) is 60.9 Å². The van der Waals surface area contributed by atoms with Crippen LogP contribution in [0.25, 0.3) is 5.69 Å². The molecular formula is C36H42N8O4. The lowest BCUT2D eigenvalue weighted by Crippen LogP contribution is -2.46. The lowest BCUT2D eigenvalue weighted by atomic mass is 10.0. The minimum Gasteiger partial charge on any atom is -0.491 e. The van der Waals surface area contributed by atoms with Crippen LogP contribution in [0, 0.1) is 6.92 Å². The Kier molecular flexibility index (Phi) is 9.00. The Hall–Kier alpha value is -4.94. The quantitative estimate of drug-likeness (QED) is 0.203. The van der Waals surface area contributed by atoms with Gasteiger partial charge in [0.2, 0.25) is 5.79 Å². The maximum atomic E-state index is 12.8. The van der Waals surface area contributed by atoms with Crippen LogP contribution in [0.2, 0.25) is 0 Å². The molecule has 3 aromatic carbocycles. The zero-order valence-electron chi connectivity index (χ0n) is 27.7. The summed E-state index contributed by atoms with van der Waals surface area (Å²) in [5.41, 5.74) is 5.08. The van der Waals surface area contributed by atoms with Gasteiger partial charge in [0, 0.05) is 43.1 Å². The van der Waals surface area contributed by atoms with Crippen LogP contribution < -0.4 is 20.2 Å². The highest BCUT2D eigenvalue weighted by Gasteiger charge is 2.45. The summed E-state index contributed by atoms with van der Waals surface area (Å²) < 4.78 is 22.2. The summed E-state index contributed by atoms with van der Waals surface area (Å²) in [6, 6.07) is 24.6. The highest BCUT2D eigenvalue weighted by molar-refractivity contribution is 5.54. The minimum atomic E-state index is -0.983. The van der Waals surface area contributed by atoms with Gasteiger partial charge in [0.05, 0.1) is 30.7 Å². The predicted molar refractivity (Wildman–Crippen MR) is 183 cm³/mol. The molecule has 48 heavy (non-hydrogen) atoms. The third-order valence-electron chi connectivity index (χ3n) is 9.34. The first kappa shape index (κ1) is 31.6. The molecule has 5 aromatic rings. The standard InChI is InChI=1S/C36H42N8O4/c1-4-28(3)44-35(45)42(26-39-44)31-11-9-29(10-12-31)40-19-21-41(22-20-40)30-13-15-32(16-14-30)46-23-33-24-47-36(48-33,25-43-37-17-18-38-43)34-8-6-5-7-27(34)2/h5-18,26,28,33H,4,19-25H2,1-3H3/t28?,33-,36?/m0/s1. The molecule has 12 heteroatoms. The molecule has 0 aliphatic carbocycles. The molecule has 2 aliphatic rings. The molecule has 0 amide bonds. The number of aromatic nitrogens is 6. The lowest BCUT2D eigenvalue weighted by Gasteiger charge is -2.37. The van der Waals surface area contributed by atoms with Crippen LogP contribution in [0.4, 0.5) is 11.4 Å². The Morgan fingerprint density at radius 2 is 1.50 bits per heavy atom.